The lowest BCUT2D eigenvalue weighted by Crippen LogP contribution is -2.28. The lowest BCUT2D eigenvalue weighted by Gasteiger charge is -2.26. The second-order valence-corrected chi connectivity index (χ2v) is 5.52. The number of aryl methyl sites for hydroxylation is 1. The molecule has 0 amide bonds. The molecule has 3 rings (SSSR count). The van der Waals surface area contributed by atoms with Crippen LogP contribution in [-0.2, 0) is 0 Å². The summed E-state index contributed by atoms with van der Waals surface area (Å²) in [6, 6.07) is 4.46. The highest BCUT2D eigenvalue weighted by Gasteiger charge is 2.17. The molecule has 0 unspecified atom stereocenters. The highest BCUT2D eigenvalue weighted by Crippen LogP contribution is 2.30. The smallest absolute Gasteiger partial charge is 0.256 e. The minimum absolute atomic E-state index is 0.225. The number of nitrogens with one attached hydrogen (secondary N) is 1. The Labute approximate surface area is 123 Å². The summed E-state index contributed by atoms with van der Waals surface area (Å²) < 4.78 is 13.4. The fourth-order valence-corrected chi connectivity index (χ4v) is 3.06. The molecule has 21 heavy (non-hydrogen) atoms. The molecule has 0 saturated carbocycles. The number of pyridine rings is 1. The van der Waals surface area contributed by atoms with E-state index in [4.69, 9.17) is 0 Å². The average molecular weight is 286 g/mol. The molecule has 0 fully saturated rings. The van der Waals surface area contributed by atoms with Crippen LogP contribution in [-0.4, -0.2) is 29.5 Å². The van der Waals surface area contributed by atoms with Crippen molar-refractivity contribution in [3.63, 3.8) is 0 Å². The Morgan fingerprint density at radius 1 is 1.33 bits per heavy atom. The Balaban J connectivity index is 2.19. The number of hydrogen-bond donors (Lipinski definition) is 1. The molecule has 1 aliphatic heterocycles. The first kappa shape index (κ1) is 14.0. The van der Waals surface area contributed by atoms with Gasteiger partial charge >= 0.3 is 0 Å². The number of aromatic nitrogens is 1. The number of nitrogens with zero attached hydrogens (tertiary/aromatic N) is 1. The van der Waals surface area contributed by atoms with Crippen LogP contribution in [0.4, 0.5) is 4.39 Å². The molecule has 110 valence electrons. The van der Waals surface area contributed by atoms with Gasteiger partial charge in [-0.2, -0.15) is 0 Å². The van der Waals surface area contributed by atoms with E-state index in [0.29, 0.717) is 5.39 Å². The number of likely N-dealkylation sites (N-methyl/N-ethyl adjacent to an activating group) is 1. The Morgan fingerprint density at radius 3 is 2.81 bits per heavy atom. The van der Waals surface area contributed by atoms with Crippen molar-refractivity contribution in [2.24, 2.45) is 0 Å². The van der Waals surface area contributed by atoms with E-state index < -0.39 is 0 Å². The Hall–Kier alpha value is -1.94. The van der Waals surface area contributed by atoms with Crippen LogP contribution in [0.1, 0.15) is 24.6 Å². The van der Waals surface area contributed by atoms with Crippen LogP contribution in [0, 0.1) is 12.7 Å². The summed E-state index contributed by atoms with van der Waals surface area (Å²) in [6.07, 6.45) is 3.17. The SMILES string of the molecule is CCN1CC=C(c2c(C)[nH]c(=O)c3cc(F)ccc23)CC1. The van der Waals surface area contributed by atoms with Crippen LogP contribution in [0.2, 0.25) is 0 Å². The zero-order valence-electron chi connectivity index (χ0n) is 12.4. The summed E-state index contributed by atoms with van der Waals surface area (Å²) in [5.74, 6) is -0.377. The molecule has 1 aromatic carbocycles. The minimum Gasteiger partial charge on any atom is -0.325 e. The van der Waals surface area contributed by atoms with Crippen LogP contribution < -0.4 is 5.56 Å². The van der Waals surface area contributed by atoms with Gasteiger partial charge in [0.15, 0.2) is 0 Å². The van der Waals surface area contributed by atoms with Gasteiger partial charge in [-0.1, -0.05) is 19.1 Å². The molecular formula is C17H19FN2O. The molecule has 0 bridgehead atoms. The van der Waals surface area contributed by atoms with E-state index in [2.05, 4.69) is 22.9 Å². The van der Waals surface area contributed by atoms with Crippen LogP contribution in [0.15, 0.2) is 29.1 Å². The van der Waals surface area contributed by atoms with Crippen molar-refractivity contribution in [1.29, 1.82) is 0 Å². The van der Waals surface area contributed by atoms with Gasteiger partial charge in [-0.25, -0.2) is 4.39 Å². The summed E-state index contributed by atoms with van der Waals surface area (Å²) in [5, 5.41) is 1.27. The molecule has 2 heterocycles. The van der Waals surface area contributed by atoms with E-state index in [1.165, 1.54) is 17.7 Å². The van der Waals surface area contributed by atoms with E-state index in [1.54, 1.807) is 6.07 Å². The average Bonchev–Trinajstić information content (AvgIpc) is 2.48. The molecule has 3 nitrogen and oxygen atoms in total. The van der Waals surface area contributed by atoms with Crippen molar-refractivity contribution in [2.45, 2.75) is 20.3 Å². The van der Waals surface area contributed by atoms with Gasteiger partial charge in [-0.3, -0.25) is 9.69 Å². The van der Waals surface area contributed by atoms with Crippen molar-refractivity contribution in [3.05, 3.63) is 51.7 Å². The first-order chi connectivity index (χ1) is 10.1. The quantitative estimate of drug-likeness (QED) is 0.921. The molecule has 0 radical (unpaired) electrons. The Kier molecular flexibility index (Phi) is 3.64. The zero-order chi connectivity index (χ0) is 15.0. The van der Waals surface area contributed by atoms with Gasteiger partial charge in [-0.05, 0) is 43.0 Å². The molecule has 0 spiro atoms. The number of aromatic amines is 1. The van der Waals surface area contributed by atoms with Crippen molar-refractivity contribution in [3.8, 4) is 0 Å². The van der Waals surface area contributed by atoms with E-state index in [0.717, 1.165) is 42.7 Å². The van der Waals surface area contributed by atoms with E-state index in [9.17, 15) is 9.18 Å². The van der Waals surface area contributed by atoms with E-state index >= 15 is 0 Å². The third-order valence-electron chi connectivity index (χ3n) is 4.23. The molecule has 0 saturated heterocycles. The number of rotatable bonds is 2. The van der Waals surface area contributed by atoms with Gasteiger partial charge in [0.05, 0.1) is 5.39 Å². The third-order valence-corrected chi connectivity index (χ3v) is 4.23. The third kappa shape index (κ3) is 2.51. The fraction of sp³-hybridized carbons (Fsp3) is 0.353. The molecular weight excluding hydrogens is 267 g/mol. The normalized spacial score (nSPS) is 16.2. The second kappa shape index (κ2) is 5.45. The number of hydrogen-bond acceptors (Lipinski definition) is 2. The molecule has 1 aliphatic rings. The first-order valence-electron chi connectivity index (χ1n) is 7.34. The summed E-state index contributed by atoms with van der Waals surface area (Å²) in [7, 11) is 0. The van der Waals surface area contributed by atoms with Gasteiger partial charge in [-0.15, -0.1) is 0 Å². The largest absolute Gasteiger partial charge is 0.325 e. The number of H-pyrrole nitrogens is 1. The zero-order valence-corrected chi connectivity index (χ0v) is 12.4. The molecule has 2 aromatic rings. The molecule has 1 aromatic heterocycles. The van der Waals surface area contributed by atoms with Gasteiger partial charge in [0, 0.05) is 24.3 Å². The van der Waals surface area contributed by atoms with Crippen molar-refractivity contribution in [1.82, 2.24) is 9.88 Å². The van der Waals surface area contributed by atoms with Crippen molar-refractivity contribution < 1.29 is 4.39 Å². The molecule has 0 aliphatic carbocycles. The summed E-state index contributed by atoms with van der Waals surface area (Å²) in [5.41, 5.74) is 2.93. The van der Waals surface area contributed by atoms with Crippen LogP contribution in [0.3, 0.4) is 0 Å². The highest BCUT2D eigenvalue weighted by atomic mass is 19.1. The lowest BCUT2D eigenvalue weighted by molar-refractivity contribution is 0.319. The minimum atomic E-state index is -0.377. The predicted octanol–water partition coefficient (Wildman–Crippen LogP) is 3.08. The summed E-state index contributed by atoms with van der Waals surface area (Å²) in [6.45, 7) is 7.05. The first-order valence-corrected chi connectivity index (χ1v) is 7.34. The molecule has 0 atom stereocenters. The predicted molar refractivity (Wildman–Crippen MR) is 84.0 cm³/mol. The Bertz CT molecular complexity index is 776. The van der Waals surface area contributed by atoms with Gasteiger partial charge in [0.25, 0.3) is 5.56 Å². The highest BCUT2D eigenvalue weighted by molar-refractivity contribution is 5.94. The van der Waals surface area contributed by atoms with E-state index in [1.807, 2.05) is 6.92 Å². The number of halogens is 1. The maximum absolute atomic E-state index is 13.4. The van der Waals surface area contributed by atoms with Crippen LogP contribution in [0.25, 0.3) is 16.3 Å². The van der Waals surface area contributed by atoms with Crippen molar-refractivity contribution >= 4 is 16.3 Å². The number of benzene rings is 1. The fourth-order valence-electron chi connectivity index (χ4n) is 3.06. The van der Waals surface area contributed by atoms with E-state index in [-0.39, 0.29) is 11.4 Å². The molecule has 1 N–H and O–H groups in total. The maximum Gasteiger partial charge on any atom is 0.256 e. The monoisotopic (exact) mass is 286 g/mol. The Morgan fingerprint density at radius 2 is 2.14 bits per heavy atom. The number of fused-ring (bicyclic) bond motifs is 1. The lowest BCUT2D eigenvalue weighted by atomic mass is 9.93. The standard InChI is InChI=1S/C17H19FN2O/c1-3-20-8-6-12(7-9-20)16-11(2)19-17(21)15-10-13(18)4-5-14(15)16/h4-6,10H,3,7-9H2,1-2H3,(H,19,21). The van der Waals surface area contributed by atoms with Crippen molar-refractivity contribution in [2.75, 3.05) is 19.6 Å². The van der Waals surface area contributed by atoms with Crippen LogP contribution in [0.5, 0.6) is 0 Å². The van der Waals surface area contributed by atoms with Gasteiger partial charge in [0.2, 0.25) is 0 Å². The van der Waals surface area contributed by atoms with Crippen LogP contribution >= 0.6 is 0 Å². The van der Waals surface area contributed by atoms with Gasteiger partial charge in [0.1, 0.15) is 5.82 Å². The summed E-state index contributed by atoms with van der Waals surface area (Å²) >= 11 is 0. The van der Waals surface area contributed by atoms with Gasteiger partial charge < -0.3 is 4.98 Å². The maximum atomic E-state index is 13.4. The summed E-state index contributed by atoms with van der Waals surface area (Å²) in [4.78, 5) is 17.3. The second-order valence-electron chi connectivity index (χ2n) is 5.52. The molecule has 4 heteroatoms. The topological polar surface area (TPSA) is 36.1 Å².